The van der Waals surface area contributed by atoms with Crippen LogP contribution in [0.4, 0.5) is 0 Å². The predicted octanol–water partition coefficient (Wildman–Crippen LogP) is 3.96. The first-order valence-electron chi connectivity index (χ1n) is 11.2. The van der Waals surface area contributed by atoms with E-state index in [-0.39, 0.29) is 0 Å². The van der Waals surface area contributed by atoms with Crippen LogP contribution in [-0.2, 0) is 19.1 Å². The fourth-order valence-electron chi connectivity index (χ4n) is 4.77. The van der Waals surface area contributed by atoms with Gasteiger partial charge in [-0.3, -0.25) is 9.59 Å². The van der Waals surface area contributed by atoms with Crippen molar-refractivity contribution in [2.24, 2.45) is 11.8 Å². The summed E-state index contributed by atoms with van der Waals surface area (Å²) in [7, 11) is 5.79. The zero-order valence-corrected chi connectivity index (χ0v) is 20.5. The smallest absolute Gasteiger partial charge is 0.309 e. The highest BCUT2D eigenvalue weighted by atomic mass is 16.5. The van der Waals surface area contributed by atoms with E-state index in [2.05, 4.69) is 0 Å². The maximum absolute atomic E-state index is 13.0. The van der Waals surface area contributed by atoms with E-state index in [4.69, 9.17) is 28.4 Å². The highest BCUT2D eigenvalue weighted by Gasteiger charge is 2.59. The monoisotopic (exact) mass is 472 g/mol. The summed E-state index contributed by atoms with van der Waals surface area (Å²) in [6.45, 7) is 4.73. The number of esters is 2. The molecule has 0 unspecified atom stereocenters. The van der Waals surface area contributed by atoms with Gasteiger partial charge in [-0.25, -0.2) is 0 Å². The van der Waals surface area contributed by atoms with E-state index < -0.39 is 35.6 Å². The van der Waals surface area contributed by atoms with Crippen molar-refractivity contribution in [3.63, 3.8) is 0 Å². The Morgan fingerprint density at radius 2 is 1.03 bits per heavy atom. The van der Waals surface area contributed by atoms with E-state index in [0.29, 0.717) is 36.2 Å². The van der Waals surface area contributed by atoms with Crippen molar-refractivity contribution in [3.8, 4) is 23.0 Å². The van der Waals surface area contributed by atoms with E-state index in [9.17, 15) is 9.59 Å². The molecule has 2 aromatic carbocycles. The fraction of sp³-hybridized carbons (Fsp3) is 0.462. The highest BCUT2D eigenvalue weighted by molar-refractivity contribution is 5.85. The number of hydrogen-bond donors (Lipinski definition) is 0. The van der Waals surface area contributed by atoms with Crippen molar-refractivity contribution in [2.45, 2.75) is 25.7 Å². The van der Waals surface area contributed by atoms with Crippen molar-refractivity contribution in [3.05, 3.63) is 47.5 Å². The van der Waals surface area contributed by atoms with Gasteiger partial charge in [-0.15, -0.1) is 0 Å². The van der Waals surface area contributed by atoms with E-state index in [0.717, 1.165) is 11.1 Å². The Morgan fingerprint density at radius 3 is 1.32 bits per heavy atom. The van der Waals surface area contributed by atoms with Gasteiger partial charge in [-0.2, -0.15) is 0 Å². The molecular weight excluding hydrogens is 440 g/mol. The van der Waals surface area contributed by atoms with Crippen LogP contribution in [0.2, 0.25) is 0 Å². The van der Waals surface area contributed by atoms with E-state index in [1.165, 1.54) is 14.2 Å². The molecule has 0 radical (unpaired) electrons. The van der Waals surface area contributed by atoms with E-state index in [1.807, 2.05) is 26.0 Å². The number of carbonyl (C=O) groups excluding carboxylic acids is 2. The molecule has 0 spiro atoms. The highest BCUT2D eigenvalue weighted by Crippen LogP contribution is 2.59. The lowest BCUT2D eigenvalue weighted by Gasteiger charge is -2.49. The van der Waals surface area contributed by atoms with Gasteiger partial charge in [0, 0.05) is 11.8 Å². The van der Waals surface area contributed by atoms with Crippen LogP contribution in [0.15, 0.2) is 36.4 Å². The lowest BCUT2D eigenvalue weighted by Crippen LogP contribution is -2.51. The second-order valence-corrected chi connectivity index (χ2v) is 7.84. The standard InChI is InChI=1S/C26H32O8/c1-7-33-17-11-9-15(13-19(17)29-3)21-23(25(27)31-5)22(24(21)26(28)32-6)16-10-12-18(34-8-2)20(14-16)30-4/h9-14,21-24H,7-8H2,1-6H3. The van der Waals surface area contributed by atoms with Gasteiger partial charge in [-0.1, -0.05) is 12.1 Å². The zero-order valence-electron chi connectivity index (χ0n) is 20.5. The Balaban J connectivity index is 2.09. The lowest BCUT2D eigenvalue weighted by atomic mass is 9.52. The molecule has 34 heavy (non-hydrogen) atoms. The third-order valence-electron chi connectivity index (χ3n) is 6.24. The Morgan fingerprint density at radius 1 is 0.647 bits per heavy atom. The minimum absolute atomic E-state index is 0.407. The third kappa shape index (κ3) is 4.62. The number of carbonyl (C=O) groups is 2. The van der Waals surface area contributed by atoms with Crippen LogP contribution in [0, 0.1) is 11.8 Å². The van der Waals surface area contributed by atoms with Gasteiger partial charge in [0.05, 0.1) is 53.5 Å². The molecule has 0 aliphatic heterocycles. The van der Waals surface area contributed by atoms with Gasteiger partial charge >= 0.3 is 11.9 Å². The van der Waals surface area contributed by atoms with Crippen LogP contribution < -0.4 is 18.9 Å². The van der Waals surface area contributed by atoms with Gasteiger partial charge in [0.1, 0.15) is 0 Å². The van der Waals surface area contributed by atoms with Crippen LogP contribution in [0.25, 0.3) is 0 Å². The van der Waals surface area contributed by atoms with Crippen LogP contribution in [-0.4, -0.2) is 53.6 Å². The quantitative estimate of drug-likeness (QED) is 0.480. The molecule has 0 heterocycles. The Labute approximate surface area is 200 Å². The minimum Gasteiger partial charge on any atom is -0.493 e. The van der Waals surface area contributed by atoms with Crippen LogP contribution in [0.1, 0.15) is 36.8 Å². The molecule has 184 valence electrons. The topological polar surface area (TPSA) is 89.5 Å². The van der Waals surface area contributed by atoms with Gasteiger partial charge in [0.15, 0.2) is 23.0 Å². The maximum atomic E-state index is 13.0. The summed E-state index contributed by atoms with van der Waals surface area (Å²) >= 11 is 0. The fourth-order valence-corrected chi connectivity index (χ4v) is 4.77. The molecule has 3 rings (SSSR count). The summed E-state index contributed by atoms with van der Waals surface area (Å²) in [6, 6.07) is 10.9. The van der Waals surface area contributed by atoms with E-state index >= 15 is 0 Å². The molecule has 0 bridgehead atoms. The Bertz CT molecular complexity index is 928. The largest absolute Gasteiger partial charge is 0.493 e. The average molecular weight is 473 g/mol. The predicted molar refractivity (Wildman–Crippen MR) is 125 cm³/mol. The summed E-state index contributed by atoms with van der Waals surface area (Å²) in [6.07, 6.45) is 0. The average Bonchev–Trinajstić information content (AvgIpc) is 2.84. The maximum Gasteiger partial charge on any atom is 0.309 e. The molecule has 1 aliphatic rings. The van der Waals surface area contributed by atoms with Gasteiger partial charge in [0.25, 0.3) is 0 Å². The second kappa shape index (κ2) is 11.1. The van der Waals surface area contributed by atoms with Crippen molar-refractivity contribution in [1.82, 2.24) is 0 Å². The zero-order chi connectivity index (χ0) is 24.8. The molecule has 8 heteroatoms. The first-order valence-corrected chi connectivity index (χ1v) is 11.2. The van der Waals surface area contributed by atoms with Gasteiger partial charge in [-0.05, 0) is 49.2 Å². The summed E-state index contributed by atoms with van der Waals surface area (Å²) in [4.78, 5) is 26.0. The number of hydrogen-bond acceptors (Lipinski definition) is 8. The first-order chi connectivity index (χ1) is 16.4. The van der Waals surface area contributed by atoms with Crippen LogP contribution >= 0.6 is 0 Å². The second-order valence-electron chi connectivity index (χ2n) is 7.84. The van der Waals surface area contributed by atoms with Crippen molar-refractivity contribution in [1.29, 1.82) is 0 Å². The molecule has 1 saturated carbocycles. The Hall–Kier alpha value is -3.42. The molecule has 0 amide bonds. The summed E-state index contributed by atoms with van der Waals surface area (Å²) in [5, 5.41) is 0. The number of methoxy groups -OCH3 is 4. The molecule has 0 N–H and O–H groups in total. The lowest BCUT2D eigenvalue weighted by molar-refractivity contribution is -0.164. The molecule has 8 nitrogen and oxygen atoms in total. The molecule has 1 aliphatic carbocycles. The molecule has 0 atom stereocenters. The number of benzene rings is 2. The molecule has 0 aromatic heterocycles. The van der Waals surface area contributed by atoms with Crippen molar-refractivity contribution < 1.29 is 38.0 Å². The Kier molecular flexibility index (Phi) is 8.26. The number of rotatable bonds is 10. The SMILES string of the molecule is CCOc1ccc(C2C(C(=O)OC)C(c3ccc(OCC)c(OC)c3)C2C(=O)OC)cc1OC. The number of ether oxygens (including phenoxy) is 6. The van der Waals surface area contributed by atoms with Crippen molar-refractivity contribution >= 4 is 11.9 Å². The van der Waals surface area contributed by atoms with Gasteiger partial charge in [0.2, 0.25) is 0 Å². The molecular formula is C26H32O8. The third-order valence-corrected chi connectivity index (χ3v) is 6.24. The van der Waals surface area contributed by atoms with Crippen LogP contribution in [0.5, 0.6) is 23.0 Å². The summed E-state index contributed by atoms with van der Waals surface area (Å²) in [5.41, 5.74) is 1.53. The summed E-state index contributed by atoms with van der Waals surface area (Å²) < 4.78 is 32.5. The first kappa shape index (κ1) is 25.2. The molecule has 2 aromatic rings. The summed E-state index contributed by atoms with van der Waals surface area (Å²) in [5.74, 6) is -0.740. The minimum atomic E-state index is -0.612. The van der Waals surface area contributed by atoms with Gasteiger partial charge < -0.3 is 28.4 Å². The van der Waals surface area contributed by atoms with Crippen molar-refractivity contribution in [2.75, 3.05) is 41.7 Å². The van der Waals surface area contributed by atoms with Crippen LogP contribution in [0.3, 0.4) is 0 Å². The van der Waals surface area contributed by atoms with E-state index in [1.54, 1.807) is 38.5 Å². The molecule has 1 fully saturated rings. The normalized spacial score (nSPS) is 21.1. The molecule has 0 saturated heterocycles.